The van der Waals surface area contributed by atoms with Gasteiger partial charge in [-0.15, -0.1) is 11.3 Å². The van der Waals surface area contributed by atoms with Crippen molar-refractivity contribution in [1.82, 2.24) is 4.98 Å². The highest BCUT2D eigenvalue weighted by atomic mass is 32.1. The van der Waals surface area contributed by atoms with E-state index < -0.39 is 0 Å². The number of halogens is 1. The summed E-state index contributed by atoms with van der Waals surface area (Å²) in [4.78, 5) is 44.4. The second-order valence-electron chi connectivity index (χ2n) is 7.42. The zero-order valence-corrected chi connectivity index (χ0v) is 18.2. The third kappa shape index (κ3) is 3.70. The van der Waals surface area contributed by atoms with E-state index in [0.717, 1.165) is 15.3 Å². The van der Waals surface area contributed by atoms with Gasteiger partial charge in [0.15, 0.2) is 5.13 Å². The highest BCUT2D eigenvalue weighted by molar-refractivity contribution is 7.16. The molecule has 0 saturated carbocycles. The Kier molecular flexibility index (Phi) is 5.07. The number of aryl methyl sites for hydroxylation is 1. The van der Waals surface area contributed by atoms with Gasteiger partial charge in [0.2, 0.25) is 0 Å². The molecule has 2 heterocycles. The Hall–Kier alpha value is -4.17. The van der Waals surface area contributed by atoms with E-state index in [1.807, 2.05) is 6.92 Å². The summed E-state index contributed by atoms with van der Waals surface area (Å²) in [6, 6.07) is 18.9. The molecule has 0 fully saturated rings. The highest BCUT2D eigenvalue weighted by Crippen LogP contribution is 2.31. The molecular formula is C25H16FN3O3S. The lowest BCUT2D eigenvalue weighted by molar-refractivity contribution is 0.0925. The Balaban J connectivity index is 1.33. The Labute approximate surface area is 192 Å². The van der Waals surface area contributed by atoms with E-state index in [4.69, 9.17) is 0 Å². The lowest BCUT2D eigenvalue weighted by Crippen LogP contribution is -2.29. The van der Waals surface area contributed by atoms with Crippen molar-refractivity contribution in [2.45, 2.75) is 6.92 Å². The van der Waals surface area contributed by atoms with Crippen LogP contribution in [-0.4, -0.2) is 22.7 Å². The average molecular weight is 457 g/mol. The molecule has 5 rings (SSSR count). The van der Waals surface area contributed by atoms with Gasteiger partial charge in [-0.1, -0.05) is 12.1 Å². The third-order valence-corrected chi connectivity index (χ3v) is 6.20. The number of hydrogen-bond donors (Lipinski definition) is 1. The first kappa shape index (κ1) is 20.7. The zero-order chi connectivity index (χ0) is 23.1. The number of anilines is 2. The molecule has 0 bridgehead atoms. The summed E-state index contributed by atoms with van der Waals surface area (Å²) in [6.07, 6.45) is 0. The molecule has 8 heteroatoms. The molecule has 1 aliphatic heterocycles. The van der Waals surface area contributed by atoms with Crippen LogP contribution in [0, 0.1) is 12.7 Å². The molecule has 0 saturated heterocycles. The summed E-state index contributed by atoms with van der Waals surface area (Å²) >= 11 is 1.32. The van der Waals surface area contributed by atoms with Gasteiger partial charge < -0.3 is 0 Å². The molecule has 162 valence electrons. The van der Waals surface area contributed by atoms with E-state index in [2.05, 4.69) is 10.3 Å². The van der Waals surface area contributed by atoms with Gasteiger partial charge in [0.1, 0.15) is 5.82 Å². The number of nitrogens with one attached hydrogen (secondary N) is 1. The number of aromatic nitrogens is 1. The van der Waals surface area contributed by atoms with Gasteiger partial charge in [-0.05, 0) is 67.6 Å². The maximum Gasteiger partial charge on any atom is 0.266 e. The number of carbonyl (C=O) groups is 3. The van der Waals surface area contributed by atoms with Crippen molar-refractivity contribution in [2.75, 3.05) is 10.2 Å². The second kappa shape index (κ2) is 8.07. The molecule has 3 aromatic carbocycles. The van der Waals surface area contributed by atoms with Crippen molar-refractivity contribution < 1.29 is 18.8 Å². The van der Waals surface area contributed by atoms with E-state index in [0.29, 0.717) is 33.2 Å². The van der Waals surface area contributed by atoms with E-state index in [9.17, 15) is 18.8 Å². The monoisotopic (exact) mass is 457 g/mol. The van der Waals surface area contributed by atoms with Crippen molar-refractivity contribution in [1.29, 1.82) is 0 Å². The average Bonchev–Trinajstić information content (AvgIpc) is 3.31. The summed E-state index contributed by atoms with van der Waals surface area (Å²) in [5.74, 6) is -1.48. The van der Waals surface area contributed by atoms with E-state index in [-0.39, 0.29) is 23.5 Å². The van der Waals surface area contributed by atoms with Gasteiger partial charge >= 0.3 is 0 Å². The summed E-state index contributed by atoms with van der Waals surface area (Å²) in [6.45, 7) is 1.88. The maximum atomic E-state index is 13.2. The Bertz CT molecular complexity index is 1380. The molecule has 0 unspecified atom stereocenters. The fourth-order valence-electron chi connectivity index (χ4n) is 3.68. The molecule has 33 heavy (non-hydrogen) atoms. The fourth-order valence-corrected chi connectivity index (χ4v) is 4.51. The normalized spacial score (nSPS) is 12.7. The van der Waals surface area contributed by atoms with Gasteiger partial charge in [-0.25, -0.2) is 14.3 Å². The van der Waals surface area contributed by atoms with Crippen molar-refractivity contribution in [3.8, 4) is 11.3 Å². The number of imide groups is 1. The minimum atomic E-state index is -0.389. The minimum absolute atomic E-state index is 0.329. The molecule has 1 aliphatic rings. The van der Waals surface area contributed by atoms with Gasteiger partial charge in [0, 0.05) is 16.0 Å². The topological polar surface area (TPSA) is 79.4 Å². The van der Waals surface area contributed by atoms with Crippen LogP contribution >= 0.6 is 11.3 Å². The lowest BCUT2D eigenvalue weighted by atomic mass is 10.1. The first-order valence-electron chi connectivity index (χ1n) is 10.0. The van der Waals surface area contributed by atoms with Crippen LogP contribution in [0.3, 0.4) is 0 Å². The molecule has 1 aromatic heterocycles. The van der Waals surface area contributed by atoms with Gasteiger partial charge in [-0.3, -0.25) is 19.7 Å². The number of rotatable bonds is 4. The van der Waals surface area contributed by atoms with Crippen LogP contribution in [-0.2, 0) is 0 Å². The van der Waals surface area contributed by atoms with Crippen LogP contribution in [0.2, 0.25) is 0 Å². The van der Waals surface area contributed by atoms with E-state index >= 15 is 0 Å². The largest absolute Gasteiger partial charge is 0.298 e. The van der Waals surface area contributed by atoms with Crippen LogP contribution in [0.25, 0.3) is 11.3 Å². The maximum absolute atomic E-state index is 13.2. The predicted octanol–water partition coefficient (Wildman–Crippen LogP) is 5.31. The number of carbonyl (C=O) groups excluding carboxylic acids is 3. The van der Waals surface area contributed by atoms with Crippen molar-refractivity contribution in [3.05, 3.63) is 100 Å². The number of benzene rings is 3. The predicted molar refractivity (Wildman–Crippen MR) is 124 cm³/mol. The van der Waals surface area contributed by atoms with Crippen molar-refractivity contribution in [3.63, 3.8) is 0 Å². The third-order valence-electron chi connectivity index (χ3n) is 5.32. The number of nitrogens with zero attached hydrogens (tertiary/aromatic N) is 2. The van der Waals surface area contributed by atoms with Crippen LogP contribution < -0.4 is 10.2 Å². The molecule has 0 atom stereocenters. The van der Waals surface area contributed by atoms with Gasteiger partial charge in [0.25, 0.3) is 17.7 Å². The summed E-state index contributed by atoms with van der Waals surface area (Å²) in [5, 5.41) is 3.19. The summed E-state index contributed by atoms with van der Waals surface area (Å²) in [5.41, 5.74) is 2.90. The smallest absolute Gasteiger partial charge is 0.266 e. The molecule has 4 aromatic rings. The van der Waals surface area contributed by atoms with Crippen molar-refractivity contribution >= 4 is 39.9 Å². The fraction of sp³-hybridized carbons (Fsp3) is 0.0400. The van der Waals surface area contributed by atoms with E-state index in [1.165, 1.54) is 23.5 Å². The van der Waals surface area contributed by atoms with Gasteiger partial charge in [0.05, 0.1) is 22.5 Å². The Morgan fingerprint density at radius 1 is 0.909 bits per heavy atom. The van der Waals surface area contributed by atoms with Crippen LogP contribution in [0.5, 0.6) is 0 Å². The zero-order valence-electron chi connectivity index (χ0n) is 17.3. The standard InChI is InChI=1S/C25H16FN3O3S/c1-14-21(15-6-10-17(26)11-7-15)27-25(33-14)28-22(30)16-8-12-18(13-9-16)29-23(31)19-4-2-3-5-20(19)24(29)32/h2-13H,1H3,(H,27,28,30). The first-order valence-corrected chi connectivity index (χ1v) is 10.9. The number of fused-ring (bicyclic) bond motifs is 1. The van der Waals surface area contributed by atoms with E-state index in [1.54, 1.807) is 60.7 Å². The molecule has 0 spiro atoms. The Morgan fingerprint density at radius 3 is 2.12 bits per heavy atom. The summed E-state index contributed by atoms with van der Waals surface area (Å²) in [7, 11) is 0. The molecule has 0 radical (unpaired) electrons. The quantitative estimate of drug-likeness (QED) is 0.421. The molecular weight excluding hydrogens is 441 g/mol. The Morgan fingerprint density at radius 2 is 1.52 bits per heavy atom. The molecule has 0 aliphatic carbocycles. The first-order chi connectivity index (χ1) is 15.9. The van der Waals surface area contributed by atoms with Crippen molar-refractivity contribution in [2.24, 2.45) is 0 Å². The molecule has 6 nitrogen and oxygen atoms in total. The SMILES string of the molecule is Cc1sc(NC(=O)c2ccc(N3C(=O)c4ccccc4C3=O)cc2)nc1-c1ccc(F)cc1. The number of hydrogen-bond acceptors (Lipinski definition) is 5. The van der Waals surface area contributed by atoms with Crippen LogP contribution in [0.4, 0.5) is 15.2 Å². The van der Waals surface area contributed by atoms with Crippen LogP contribution in [0.1, 0.15) is 36.0 Å². The highest BCUT2D eigenvalue weighted by Gasteiger charge is 2.36. The van der Waals surface area contributed by atoms with Gasteiger partial charge in [-0.2, -0.15) is 0 Å². The lowest BCUT2D eigenvalue weighted by Gasteiger charge is -2.14. The molecule has 1 N–H and O–H groups in total. The second-order valence-corrected chi connectivity index (χ2v) is 8.63. The molecule has 3 amide bonds. The number of amides is 3. The van der Waals surface area contributed by atoms with Crippen LogP contribution in [0.15, 0.2) is 72.8 Å². The summed E-state index contributed by atoms with van der Waals surface area (Å²) < 4.78 is 13.2. The minimum Gasteiger partial charge on any atom is -0.298 e. The number of thiazole rings is 1.